The second-order valence-electron chi connectivity index (χ2n) is 3.35. The molecule has 1 aromatic rings. The molecule has 1 unspecified atom stereocenters. The first-order chi connectivity index (χ1) is 7.77. The monoisotopic (exact) mass is 218 g/mol. The average Bonchev–Trinajstić information content (AvgIpc) is 2.34. The molecule has 3 nitrogen and oxygen atoms in total. The quantitative estimate of drug-likeness (QED) is 0.316. The molecule has 0 N–H and O–H groups in total. The molecule has 0 saturated carbocycles. The van der Waals surface area contributed by atoms with Crippen LogP contribution >= 0.6 is 0 Å². The Morgan fingerprint density at radius 2 is 2.06 bits per heavy atom. The van der Waals surface area contributed by atoms with Crippen molar-refractivity contribution >= 4 is 12.3 Å². The Hall–Kier alpha value is -1.90. The van der Waals surface area contributed by atoms with Crippen LogP contribution in [-0.2, 0) is 20.7 Å². The van der Waals surface area contributed by atoms with Crippen LogP contribution in [0.1, 0.15) is 5.56 Å². The van der Waals surface area contributed by atoms with E-state index in [9.17, 15) is 9.59 Å². The third kappa shape index (κ3) is 3.69. The van der Waals surface area contributed by atoms with E-state index in [1.165, 1.54) is 6.08 Å². The van der Waals surface area contributed by atoms with Crippen molar-refractivity contribution in [3.8, 4) is 0 Å². The Labute approximate surface area is 94.7 Å². The predicted molar refractivity (Wildman–Crippen MR) is 60.9 cm³/mol. The van der Waals surface area contributed by atoms with Gasteiger partial charge in [-0.3, -0.25) is 4.79 Å². The van der Waals surface area contributed by atoms with Gasteiger partial charge in [-0.2, -0.15) is 0 Å². The van der Waals surface area contributed by atoms with E-state index in [-0.39, 0.29) is 6.61 Å². The topological polar surface area (TPSA) is 43.4 Å². The molecule has 0 spiro atoms. The first kappa shape index (κ1) is 12.2. The van der Waals surface area contributed by atoms with E-state index in [1.807, 2.05) is 30.3 Å². The van der Waals surface area contributed by atoms with Gasteiger partial charge in [0.25, 0.3) is 0 Å². The number of esters is 1. The van der Waals surface area contributed by atoms with Crippen LogP contribution in [0.25, 0.3) is 0 Å². The first-order valence-corrected chi connectivity index (χ1v) is 5.04. The fourth-order valence-corrected chi connectivity index (χ4v) is 1.30. The van der Waals surface area contributed by atoms with Crippen LogP contribution in [0.4, 0.5) is 0 Å². The van der Waals surface area contributed by atoms with Crippen molar-refractivity contribution in [3.05, 3.63) is 48.6 Å². The molecule has 0 saturated heterocycles. The largest absolute Gasteiger partial charge is 0.461 e. The normalized spacial score (nSPS) is 11.5. The maximum Gasteiger partial charge on any atom is 0.316 e. The van der Waals surface area contributed by atoms with E-state index in [0.717, 1.165) is 5.56 Å². The van der Waals surface area contributed by atoms with Crippen molar-refractivity contribution in [2.75, 3.05) is 6.61 Å². The van der Waals surface area contributed by atoms with Gasteiger partial charge in [0, 0.05) is 0 Å². The highest BCUT2D eigenvalue weighted by atomic mass is 16.5. The van der Waals surface area contributed by atoms with Gasteiger partial charge in [0.15, 0.2) is 0 Å². The standard InChI is InChI=1S/C13H14O3/c1-2-8-16-13(15)12(10-14)9-11-6-4-3-5-7-11/h2-7,10,12H,1,8-9H2. The molecule has 16 heavy (non-hydrogen) atoms. The van der Waals surface area contributed by atoms with Crippen LogP contribution in [0.2, 0.25) is 0 Å². The van der Waals surface area contributed by atoms with Crippen molar-refractivity contribution in [2.24, 2.45) is 5.92 Å². The van der Waals surface area contributed by atoms with Crippen molar-refractivity contribution < 1.29 is 14.3 Å². The zero-order chi connectivity index (χ0) is 11.8. The second-order valence-corrected chi connectivity index (χ2v) is 3.35. The van der Waals surface area contributed by atoms with Crippen molar-refractivity contribution in [2.45, 2.75) is 6.42 Å². The lowest BCUT2D eigenvalue weighted by Crippen LogP contribution is -2.21. The van der Waals surface area contributed by atoms with Gasteiger partial charge in [-0.1, -0.05) is 43.0 Å². The third-order valence-electron chi connectivity index (χ3n) is 2.11. The van der Waals surface area contributed by atoms with Crippen LogP contribution in [-0.4, -0.2) is 18.9 Å². The number of carbonyl (C=O) groups excluding carboxylic acids is 2. The van der Waals surface area contributed by atoms with E-state index in [1.54, 1.807) is 0 Å². The van der Waals surface area contributed by atoms with Gasteiger partial charge in [0.05, 0.1) is 0 Å². The van der Waals surface area contributed by atoms with Crippen molar-refractivity contribution in [1.29, 1.82) is 0 Å². The van der Waals surface area contributed by atoms with Crippen LogP contribution < -0.4 is 0 Å². The lowest BCUT2D eigenvalue weighted by atomic mass is 10.0. The fraction of sp³-hybridized carbons (Fsp3) is 0.231. The summed E-state index contributed by atoms with van der Waals surface area (Å²) in [6, 6.07) is 9.36. The van der Waals surface area contributed by atoms with Gasteiger partial charge in [0.2, 0.25) is 0 Å². The SMILES string of the molecule is C=CCOC(=O)C(C=O)Cc1ccccc1. The van der Waals surface area contributed by atoms with Gasteiger partial charge in [-0.25, -0.2) is 0 Å². The number of hydrogen-bond acceptors (Lipinski definition) is 3. The summed E-state index contributed by atoms with van der Waals surface area (Å²) >= 11 is 0. The molecule has 84 valence electrons. The fourth-order valence-electron chi connectivity index (χ4n) is 1.30. The summed E-state index contributed by atoms with van der Waals surface area (Å²) in [5.41, 5.74) is 0.940. The minimum absolute atomic E-state index is 0.137. The minimum atomic E-state index is -0.734. The number of hydrogen-bond donors (Lipinski definition) is 0. The average molecular weight is 218 g/mol. The number of ether oxygens (including phenoxy) is 1. The zero-order valence-corrected chi connectivity index (χ0v) is 8.96. The van der Waals surface area contributed by atoms with Gasteiger partial charge < -0.3 is 9.53 Å². The number of aldehydes is 1. The molecular formula is C13H14O3. The summed E-state index contributed by atoms with van der Waals surface area (Å²) in [5.74, 6) is -1.24. The Morgan fingerprint density at radius 3 is 2.62 bits per heavy atom. The molecule has 0 aromatic heterocycles. The van der Waals surface area contributed by atoms with E-state index in [2.05, 4.69) is 6.58 Å². The number of rotatable bonds is 6. The van der Waals surface area contributed by atoms with Crippen molar-refractivity contribution in [1.82, 2.24) is 0 Å². The lowest BCUT2D eigenvalue weighted by molar-refractivity contribution is -0.148. The minimum Gasteiger partial charge on any atom is -0.461 e. The Balaban J connectivity index is 2.58. The molecule has 1 atom stereocenters. The Kier molecular flexibility index (Phi) is 4.99. The van der Waals surface area contributed by atoms with Crippen LogP contribution in [0.15, 0.2) is 43.0 Å². The molecule has 1 aromatic carbocycles. The van der Waals surface area contributed by atoms with Gasteiger partial charge in [-0.15, -0.1) is 0 Å². The highest BCUT2D eigenvalue weighted by Gasteiger charge is 2.19. The smallest absolute Gasteiger partial charge is 0.316 e. The van der Waals surface area contributed by atoms with E-state index < -0.39 is 11.9 Å². The number of carbonyl (C=O) groups is 2. The summed E-state index contributed by atoms with van der Waals surface area (Å²) < 4.78 is 4.83. The van der Waals surface area contributed by atoms with E-state index >= 15 is 0 Å². The molecule has 0 aliphatic rings. The Bertz CT molecular complexity index is 357. The van der Waals surface area contributed by atoms with Gasteiger partial charge in [0.1, 0.15) is 18.8 Å². The molecule has 0 radical (unpaired) electrons. The molecule has 0 heterocycles. The summed E-state index contributed by atoms with van der Waals surface area (Å²) in [7, 11) is 0. The molecule has 0 aliphatic carbocycles. The van der Waals surface area contributed by atoms with Crippen LogP contribution in [0, 0.1) is 5.92 Å². The first-order valence-electron chi connectivity index (χ1n) is 5.04. The predicted octanol–water partition coefficient (Wildman–Crippen LogP) is 1.77. The zero-order valence-electron chi connectivity index (χ0n) is 8.96. The second kappa shape index (κ2) is 6.56. The highest BCUT2D eigenvalue weighted by molar-refractivity contribution is 5.88. The molecule has 0 fully saturated rings. The van der Waals surface area contributed by atoms with Crippen molar-refractivity contribution in [3.63, 3.8) is 0 Å². The molecule has 1 rings (SSSR count). The molecule has 0 aliphatic heterocycles. The summed E-state index contributed by atoms with van der Waals surface area (Å²) in [6.45, 7) is 3.57. The third-order valence-corrected chi connectivity index (χ3v) is 2.11. The summed E-state index contributed by atoms with van der Waals surface area (Å²) in [4.78, 5) is 22.2. The molecule has 0 bridgehead atoms. The maximum absolute atomic E-state index is 11.4. The highest BCUT2D eigenvalue weighted by Crippen LogP contribution is 2.08. The van der Waals surface area contributed by atoms with E-state index in [0.29, 0.717) is 12.7 Å². The number of benzene rings is 1. The summed E-state index contributed by atoms with van der Waals surface area (Å²) in [6.07, 6.45) is 2.47. The molecular weight excluding hydrogens is 204 g/mol. The lowest BCUT2D eigenvalue weighted by Gasteiger charge is -2.09. The van der Waals surface area contributed by atoms with E-state index in [4.69, 9.17) is 4.74 Å². The van der Waals surface area contributed by atoms with Gasteiger partial charge >= 0.3 is 5.97 Å². The van der Waals surface area contributed by atoms with Gasteiger partial charge in [-0.05, 0) is 12.0 Å². The molecule has 0 amide bonds. The summed E-state index contributed by atoms with van der Waals surface area (Å²) in [5, 5.41) is 0. The van der Waals surface area contributed by atoms with Crippen LogP contribution in [0.3, 0.4) is 0 Å². The Morgan fingerprint density at radius 1 is 1.38 bits per heavy atom. The molecule has 3 heteroatoms. The van der Waals surface area contributed by atoms with Crippen LogP contribution in [0.5, 0.6) is 0 Å². The maximum atomic E-state index is 11.4.